The van der Waals surface area contributed by atoms with Crippen LogP contribution in [0.25, 0.3) is 0 Å². The van der Waals surface area contributed by atoms with Crippen LogP contribution in [-0.2, 0) is 21.3 Å². The molecule has 1 saturated heterocycles. The number of sulfonamides is 1. The summed E-state index contributed by atoms with van der Waals surface area (Å²) in [6.45, 7) is 5.25. The number of aromatic nitrogens is 1. The summed E-state index contributed by atoms with van der Waals surface area (Å²) in [7, 11) is -3.75. The first-order chi connectivity index (χ1) is 17.0. The van der Waals surface area contributed by atoms with Crippen molar-refractivity contribution in [3.63, 3.8) is 0 Å². The van der Waals surface area contributed by atoms with Gasteiger partial charge < -0.3 is 9.64 Å². The number of benzene rings is 2. The zero-order chi connectivity index (χ0) is 24.5. The van der Waals surface area contributed by atoms with Crippen molar-refractivity contribution in [3.05, 3.63) is 90.3 Å². The number of anilines is 1. The van der Waals surface area contributed by atoms with E-state index in [0.29, 0.717) is 24.3 Å². The quantitative estimate of drug-likeness (QED) is 0.465. The van der Waals surface area contributed by atoms with Gasteiger partial charge in [0, 0.05) is 56.4 Å². The van der Waals surface area contributed by atoms with Crippen LogP contribution >= 0.6 is 0 Å². The summed E-state index contributed by atoms with van der Waals surface area (Å²) in [6.07, 6.45) is 4.26. The second-order valence-corrected chi connectivity index (χ2v) is 10.1. The number of pyridine rings is 1. The van der Waals surface area contributed by atoms with E-state index in [9.17, 15) is 13.2 Å². The number of carbonyl (C=O) groups excluding carboxylic acids is 1. The maximum atomic E-state index is 13.4. The first kappa shape index (κ1) is 24.8. The van der Waals surface area contributed by atoms with Crippen molar-refractivity contribution in [1.82, 2.24) is 14.8 Å². The molecule has 3 aromatic rings. The topological polar surface area (TPSA) is 91.8 Å². The van der Waals surface area contributed by atoms with E-state index < -0.39 is 10.0 Å². The minimum atomic E-state index is -3.75. The third-order valence-corrected chi connectivity index (χ3v) is 7.25. The molecular formula is C26H30N4O4S. The number of morpholine rings is 1. The van der Waals surface area contributed by atoms with Gasteiger partial charge in [0.15, 0.2) is 0 Å². The third-order valence-electron chi connectivity index (χ3n) is 5.85. The molecule has 8 nitrogen and oxygen atoms in total. The Hall–Kier alpha value is -3.27. The van der Waals surface area contributed by atoms with Crippen LogP contribution in [0.2, 0.25) is 0 Å². The van der Waals surface area contributed by atoms with Gasteiger partial charge in [-0.15, -0.1) is 0 Å². The summed E-state index contributed by atoms with van der Waals surface area (Å²) < 4.78 is 33.4. The monoisotopic (exact) mass is 494 g/mol. The molecule has 1 aromatic heterocycles. The number of para-hydroxylation sites is 1. The van der Waals surface area contributed by atoms with Gasteiger partial charge in [0.25, 0.3) is 15.9 Å². The molecule has 4 rings (SSSR count). The molecule has 9 heteroatoms. The van der Waals surface area contributed by atoms with Gasteiger partial charge in [0.2, 0.25) is 0 Å². The average Bonchev–Trinajstić information content (AvgIpc) is 2.89. The highest BCUT2D eigenvalue weighted by molar-refractivity contribution is 7.92. The number of nitrogens with zero attached hydrogens (tertiary/aromatic N) is 3. The number of amides is 1. The van der Waals surface area contributed by atoms with Crippen LogP contribution in [0.1, 0.15) is 22.3 Å². The molecule has 0 saturated carbocycles. The molecule has 35 heavy (non-hydrogen) atoms. The fourth-order valence-corrected chi connectivity index (χ4v) is 5.01. The van der Waals surface area contributed by atoms with Crippen molar-refractivity contribution in [2.24, 2.45) is 0 Å². The zero-order valence-electron chi connectivity index (χ0n) is 19.5. The van der Waals surface area contributed by atoms with Crippen molar-refractivity contribution >= 4 is 21.6 Å². The highest BCUT2D eigenvalue weighted by Gasteiger charge is 2.20. The molecular weight excluding hydrogens is 464 g/mol. The lowest BCUT2D eigenvalue weighted by atomic mass is 10.1. The molecule has 1 aliphatic rings. The molecule has 0 radical (unpaired) electrons. The Morgan fingerprint density at radius 3 is 2.34 bits per heavy atom. The van der Waals surface area contributed by atoms with Gasteiger partial charge >= 0.3 is 0 Å². The van der Waals surface area contributed by atoms with E-state index in [0.717, 1.165) is 44.8 Å². The van der Waals surface area contributed by atoms with E-state index in [-0.39, 0.29) is 10.8 Å². The van der Waals surface area contributed by atoms with Gasteiger partial charge in [-0.3, -0.25) is 19.4 Å². The number of hydrogen-bond donors (Lipinski definition) is 1. The standard InChI is InChI=1S/C26H30N4O4S/c31-26(23-7-9-25(10-8-23)35(32,33)28-24-5-2-1-3-6-24)30(21-22-11-13-27-14-12-22)16-4-15-29-17-19-34-20-18-29/h1-3,5-14,28H,4,15-21H2. The smallest absolute Gasteiger partial charge is 0.261 e. The summed E-state index contributed by atoms with van der Waals surface area (Å²) in [6, 6.07) is 18.6. The number of hydrogen-bond acceptors (Lipinski definition) is 6. The summed E-state index contributed by atoms with van der Waals surface area (Å²) in [5, 5.41) is 0. The summed E-state index contributed by atoms with van der Waals surface area (Å²) >= 11 is 0. The van der Waals surface area contributed by atoms with E-state index >= 15 is 0 Å². The van der Waals surface area contributed by atoms with E-state index in [1.165, 1.54) is 12.1 Å². The maximum Gasteiger partial charge on any atom is 0.261 e. The lowest BCUT2D eigenvalue weighted by Crippen LogP contribution is -2.39. The molecule has 1 N–H and O–H groups in total. The van der Waals surface area contributed by atoms with Crippen LogP contribution in [0.4, 0.5) is 5.69 Å². The Morgan fingerprint density at radius 1 is 0.971 bits per heavy atom. The Kier molecular flexibility index (Phi) is 8.46. The molecule has 1 fully saturated rings. The molecule has 0 atom stereocenters. The molecule has 184 valence electrons. The Morgan fingerprint density at radius 2 is 1.66 bits per heavy atom. The van der Waals surface area contributed by atoms with Gasteiger partial charge in [0.05, 0.1) is 18.1 Å². The largest absolute Gasteiger partial charge is 0.379 e. The maximum absolute atomic E-state index is 13.4. The van der Waals surface area contributed by atoms with Gasteiger partial charge in [-0.05, 0) is 60.5 Å². The first-order valence-corrected chi connectivity index (χ1v) is 13.2. The predicted octanol–water partition coefficient (Wildman–Crippen LogP) is 3.25. The van der Waals surface area contributed by atoms with Crippen molar-refractivity contribution in [3.8, 4) is 0 Å². The molecule has 0 bridgehead atoms. The Balaban J connectivity index is 1.45. The molecule has 0 aliphatic carbocycles. The van der Waals surface area contributed by atoms with Crippen molar-refractivity contribution in [1.29, 1.82) is 0 Å². The van der Waals surface area contributed by atoms with E-state index in [2.05, 4.69) is 14.6 Å². The van der Waals surface area contributed by atoms with Crippen molar-refractivity contribution in [2.75, 3.05) is 44.1 Å². The zero-order valence-corrected chi connectivity index (χ0v) is 20.4. The van der Waals surface area contributed by atoms with Crippen LogP contribution in [0.5, 0.6) is 0 Å². The van der Waals surface area contributed by atoms with E-state index in [4.69, 9.17) is 4.74 Å². The summed E-state index contributed by atoms with van der Waals surface area (Å²) in [5.74, 6) is -0.135. The molecule has 2 heterocycles. The van der Waals surface area contributed by atoms with Crippen molar-refractivity contribution < 1.29 is 17.9 Å². The van der Waals surface area contributed by atoms with Crippen LogP contribution < -0.4 is 4.72 Å². The lowest BCUT2D eigenvalue weighted by molar-refractivity contribution is 0.0355. The highest BCUT2D eigenvalue weighted by Crippen LogP contribution is 2.18. The van der Waals surface area contributed by atoms with Crippen LogP contribution in [0.3, 0.4) is 0 Å². The molecule has 1 aliphatic heterocycles. The Bertz CT molecular complexity index is 1180. The first-order valence-electron chi connectivity index (χ1n) is 11.7. The third kappa shape index (κ3) is 7.11. The number of nitrogens with one attached hydrogen (secondary N) is 1. The normalized spacial score (nSPS) is 14.4. The van der Waals surface area contributed by atoms with Gasteiger partial charge in [-0.25, -0.2) is 8.42 Å². The number of carbonyl (C=O) groups is 1. The fourth-order valence-electron chi connectivity index (χ4n) is 3.95. The number of rotatable bonds is 10. The predicted molar refractivity (Wildman–Crippen MR) is 135 cm³/mol. The van der Waals surface area contributed by atoms with Gasteiger partial charge in [-0.2, -0.15) is 0 Å². The molecule has 1 amide bonds. The Labute approximate surface area is 206 Å². The van der Waals surface area contributed by atoms with E-state index in [1.807, 2.05) is 23.1 Å². The SMILES string of the molecule is O=C(c1ccc(S(=O)(=O)Nc2ccccc2)cc1)N(CCCN1CCOCC1)Cc1ccncc1. The fraction of sp³-hybridized carbons (Fsp3) is 0.308. The lowest BCUT2D eigenvalue weighted by Gasteiger charge is -2.28. The van der Waals surface area contributed by atoms with Crippen LogP contribution in [-0.4, -0.2) is 68.5 Å². The molecule has 0 unspecified atom stereocenters. The van der Waals surface area contributed by atoms with E-state index in [1.54, 1.807) is 48.8 Å². The van der Waals surface area contributed by atoms with Crippen LogP contribution in [0, 0.1) is 0 Å². The van der Waals surface area contributed by atoms with Gasteiger partial charge in [0.1, 0.15) is 0 Å². The molecule has 2 aromatic carbocycles. The summed E-state index contributed by atoms with van der Waals surface area (Å²) in [5.41, 5.74) is 1.92. The van der Waals surface area contributed by atoms with Crippen LogP contribution in [0.15, 0.2) is 84.0 Å². The highest BCUT2D eigenvalue weighted by atomic mass is 32.2. The second kappa shape index (κ2) is 11.9. The van der Waals surface area contributed by atoms with Gasteiger partial charge in [-0.1, -0.05) is 18.2 Å². The number of ether oxygens (including phenoxy) is 1. The molecule has 0 spiro atoms. The minimum Gasteiger partial charge on any atom is -0.379 e. The second-order valence-electron chi connectivity index (χ2n) is 8.39. The minimum absolute atomic E-state index is 0.103. The van der Waals surface area contributed by atoms with Crippen molar-refractivity contribution in [2.45, 2.75) is 17.9 Å². The summed E-state index contributed by atoms with van der Waals surface area (Å²) in [4.78, 5) is 21.7. The average molecular weight is 495 g/mol.